The number of para-hydroxylation sites is 1. The molecule has 1 aliphatic carbocycles. The van der Waals surface area contributed by atoms with Crippen LogP contribution in [0.5, 0.6) is 0 Å². The summed E-state index contributed by atoms with van der Waals surface area (Å²) in [5.74, 6) is 1.19. The molecule has 128 valence electrons. The van der Waals surface area contributed by atoms with Crippen molar-refractivity contribution in [2.24, 2.45) is 5.92 Å². The van der Waals surface area contributed by atoms with Gasteiger partial charge in [-0.05, 0) is 54.6 Å². The number of thiophene rings is 1. The maximum Gasteiger partial charge on any atom is 0.283 e. The van der Waals surface area contributed by atoms with E-state index in [1.165, 1.54) is 22.9 Å². The van der Waals surface area contributed by atoms with Crippen LogP contribution >= 0.6 is 23.1 Å². The van der Waals surface area contributed by atoms with Gasteiger partial charge in [-0.2, -0.15) is 0 Å². The van der Waals surface area contributed by atoms with E-state index >= 15 is 0 Å². The third-order valence-electron chi connectivity index (χ3n) is 4.21. The van der Waals surface area contributed by atoms with Gasteiger partial charge in [-0.1, -0.05) is 19.1 Å². The highest BCUT2D eigenvalue weighted by atomic mass is 32.2. The second-order valence-electron chi connectivity index (χ2n) is 6.11. The molecular weight excluding hydrogens is 358 g/mol. The van der Waals surface area contributed by atoms with Crippen molar-refractivity contribution in [3.05, 3.63) is 50.9 Å². The third-order valence-corrected chi connectivity index (χ3v) is 6.34. The van der Waals surface area contributed by atoms with Gasteiger partial charge in [0.25, 0.3) is 16.8 Å². The van der Waals surface area contributed by atoms with Crippen LogP contribution in [0.1, 0.15) is 23.8 Å². The van der Waals surface area contributed by atoms with Gasteiger partial charge in [0.1, 0.15) is 0 Å². The Morgan fingerprint density at radius 3 is 3.04 bits per heavy atom. The van der Waals surface area contributed by atoms with Gasteiger partial charge in [0.05, 0.1) is 14.7 Å². The van der Waals surface area contributed by atoms with Crippen molar-refractivity contribution in [1.82, 2.24) is 10.2 Å². The fourth-order valence-corrected chi connectivity index (χ4v) is 4.86. The van der Waals surface area contributed by atoms with Crippen molar-refractivity contribution in [3.63, 3.8) is 0 Å². The molecule has 2 aromatic heterocycles. The van der Waals surface area contributed by atoms with E-state index in [4.69, 9.17) is 4.42 Å². The zero-order valence-electron chi connectivity index (χ0n) is 13.5. The smallest absolute Gasteiger partial charge is 0.283 e. The third kappa shape index (κ3) is 3.32. The van der Waals surface area contributed by atoms with Crippen LogP contribution in [0.2, 0.25) is 0 Å². The first-order valence-corrected chi connectivity index (χ1v) is 9.60. The van der Waals surface area contributed by atoms with Gasteiger partial charge in [-0.15, -0.1) is 21.5 Å². The van der Waals surface area contributed by atoms with E-state index in [0.717, 1.165) is 29.5 Å². The predicted octanol–water partition coefficient (Wildman–Crippen LogP) is 4.98. The van der Waals surface area contributed by atoms with Gasteiger partial charge in [0.2, 0.25) is 0 Å². The predicted molar refractivity (Wildman–Crippen MR) is 96.0 cm³/mol. The maximum absolute atomic E-state index is 11.1. The number of fused-ring (bicyclic) bond motifs is 1. The Balaban J connectivity index is 1.58. The molecule has 6 nitrogen and oxygen atoms in total. The molecule has 0 saturated carbocycles. The second-order valence-corrected chi connectivity index (χ2v) is 8.24. The van der Waals surface area contributed by atoms with Crippen LogP contribution in [-0.4, -0.2) is 15.1 Å². The average molecular weight is 373 g/mol. The van der Waals surface area contributed by atoms with E-state index < -0.39 is 4.92 Å². The molecule has 0 spiro atoms. The summed E-state index contributed by atoms with van der Waals surface area (Å²) in [6, 6.07) is 8.67. The molecule has 0 fully saturated rings. The van der Waals surface area contributed by atoms with E-state index in [0.29, 0.717) is 21.9 Å². The molecule has 0 saturated heterocycles. The Labute approximate surface area is 152 Å². The Morgan fingerprint density at radius 2 is 2.20 bits per heavy atom. The minimum absolute atomic E-state index is 0.0350. The molecule has 0 bridgehead atoms. The molecule has 2 heterocycles. The van der Waals surface area contributed by atoms with Crippen LogP contribution in [0.15, 0.2) is 44.9 Å². The molecule has 0 aliphatic heterocycles. The fraction of sp³-hybridized carbons (Fsp3) is 0.294. The molecular formula is C17H15N3O3S2. The van der Waals surface area contributed by atoms with E-state index in [9.17, 15) is 10.1 Å². The molecule has 1 aromatic carbocycles. The maximum atomic E-state index is 11.1. The molecule has 0 unspecified atom stereocenters. The lowest BCUT2D eigenvalue weighted by Gasteiger charge is -2.16. The number of aromatic nitrogens is 2. The van der Waals surface area contributed by atoms with Crippen LogP contribution in [0.25, 0.3) is 10.8 Å². The molecule has 0 amide bonds. The van der Waals surface area contributed by atoms with Crippen molar-refractivity contribution in [2.75, 3.05) is 0 Å². The van der Waals surface area contributed by atoms with Gasteiger partial charge in [-0.25, -0.2) is 0 Å². The minimum atomic E-state index is -0.409. The highest BCUT2D eigenvalue weighted by Crippen LogP contribution is 2.39. The van der Waals surface area contributed by atoms with Crippen molar-refractivity contribution in [1.29, 1.82) is 0 Å². The topological polar surface area (TPSA) is 82.1 Å². The van der Waals surface area contributed by atoms with E-state index in [1.54, 1.807) is 29.5 Å². The van der Waals surface area contributed by atoms with Crippen LogP contribution in [-0.2, 0) is 12.8 Å². The number of benzene rings is 1. The van der Waals surface area contributed by atoms with Gasteiger partial charge in [0, 0.05) is 10.9 Å². The van der Waals surface area contributed by atoms with Gasteiger partial charge in [0.15, 0.2) is 0 Å². The van der Waals surface area contributed by atoms with Gasteiger partial charge >= 0.3 is 0 Å². The zero-order valence-corrected chi connectivity index (χ0v) is 15.1. The normalized spacial score (nSPS) is 16.6. The molecule has 1 atom stereocenters. The van der Waals surface area contributed by atoms with Crippen molar-refractivity contribution < 1.29 is 9.34 Å². The fourth-order valence-electron chi connectivity index (χ4n) is 2.95. The first kappa shape index (κ1) is 16.3. The highest BCUT2D eigenvalue weighted by molar-refractivity contribution is 7.99. The molecule has 0 N–H and O–H groups in total. The first-order chi connectivity index (χ1) is 12.1. The zero-order chi connectivity index (χ0) is 17.4. The summed E-state index contributed by atoms with van der Waals surface area (Å²) in [5.41, 5.74) is 1.41. The summed E-state index contributed by atoms with van der Waals surface area (Å²) in [4.78, 5) is 13.6. The number of hydrogen-bond acceptors (Lipinski definition) is 7. The highest BCUT2D eigenvalue weighted by Gasteiger charge is 2.22. The van der Waals surface area contributed by atoms with Crippen molar-refractivity contribution in [3.8, 4) is 10.8 Å². The molecule has 4 rings (SSSR count). The Bertz CT molecular complexity index is 935. The SMILES string of the molecule is C[C@@H]1CCc2sc(-c3nnc(Sc4ccccc4[N+](=O)[O-])o3)cc2C1. The standard InChI is InChI=1S/C17H15N3O3S2/c1-10-6-7-13-11(8-10)9-15(24-13)16-18-19-17(23-16)25-14-5-3-2-4-12(14)20(21)22/h2-5,9-10H,6-8H2,1H3/t10-/m1/s1. The molecule has 8 heteroatoms. The lowest BCUT2D eigenvalue weighted by atomic mass is 9.90. The Hall–Kier alpha value is -2.19. The van der Waals surface area contributed by atoms with Crippen LogP contribution < -0.4 is 0 Å². The molecule has 3 aromatic rings. The second kappa shape index (κ2) is 6.61. The average Bonchev–Trinajstić information content (AvgIpc) is 3.21. The van der Waals surface area contributed by atoms with Gasteiger partial charge in [-0.3, -0.25) is 10.1 Å². The van der Waals surface area contributed by atoms with Crippen molar-refractivity contribution >= 4 is 28.8 Å². The summed E-state index contributed by atoms with van der Waals surface area (Å²) in [6.07, 6.45) is 3.42. The first-order valence-electron chi connectivity index (χ1n) is 7.97. The number of nitro benzene ring substituents is 1. The number of aryl methyl sites for hydroxylation is 1. The summed E-state index contributed by atoms with van der Waals surface area (Å²) >= 11 is 2.82. The van der Waals surface area contributed by atoms with E-state index in [1.807, 2.05) is 0 Å². The quantitative estimate of drug-likeness (QED) is 0.474. The minimum Gasteiger partial charge on any atom is -0.410 e. The van der Waals surface area contributed by atoms with Crippen LogP contribution in [0.3, 0.4) is 0 Å². The molecule has 25 heavy (non-hydrogen) atoms. The molecule has 1 aliphatic rings. The van der Waals surface area contributed by atoms with Crippen molar-refractivity contribution in [2.45, 2.75) is 36.3 Å². The Morgan fingerprint density at radius 1 is 1.36 bits per heavy atom. The number of rotatable bonds is 4. The molecule has 0 radical (unpaired) electrons. The number of hydrogen-bond donors (Lipinski definition) is 0. The monoisotopic (exact) mass is 373 g/mol. The lowest BCUT2D eigenvalue weighted by Crippen LogP contribution is -2.07. The van der Waals surface area contributed by atoms with Crippen LogP contribution in [0, 0.1) is 16.0 Å². The summed E-state index contributed by atoms with van der Waals surface area (Å²) in [5, 5.41) is 19.6. The summed E-state index contributed by atoms with van der Waals surface area (Å²) in [7, 11) is 0. The van der Waals surface area contributed by atoms with E-state index in [2.05, 4.69) is 23.2 Å². The Kier molecular flexibility index (Phi) is 4.30. The summed E-state index contributed by atoms with van der Waals surface area (Å²) < 4.78 is 5.74. The summed E-state index contributed by atoms with van der Waals surface area (Å²) in [6.45, 7) is 2.27. The van der Waals surface area contributed by atoms with E-state index in [-0.39, 0.29) is 5.69 Å². The number of nitrogens with zero attached hydrogens (tertiary/aromatic N) is 3. The van der Waals surface area contributed by atoms with Gasteiger partial charge < -0.3 is 4.42 Å². The lowest BCUT2D eigenvalue weighted by molar-refractivity contribution is -0.387. The number of nitro groups is 1. The largest absolute Gasteiger partial charge is 0.410 e. The van der Waals surface area contributed by atoms with Crippen LogP contribution in [0.4, 0.5) is 5.69 Å².